The van der Waals surface area contributed by atoms with Crippen LogP contribution in [0.3, 0.4) is 0 Å². The lowest BCUT2D eigenvalue weighted by atomic mass is 10.1. The zero-order valence-electron chi connectivity index (χ0n) is 18.2. The first kappa shape index (κ1) is 22.6. The van der Waals surface area contributed by atoms with Crippen LogP contribution in [0.2, 0.25) is 0 Å². The number of phenols is 1. The van der Waals surface area contributed by atoms with Crippen LogP contribution in [0, 0.1) is 0 Å². The molecule has 0 saturated carbocycles. The summed E-state index contributed by atoms with van der Waals surface area (Å²) in [5.74, 6) is -0.455. The number of fused-ring (bicyclic) bond motifs is 1. The van der Waals surface area contributed by atoms with Crippen LogP contribution in [0.5, 0.6) is 5.75 Å². The molecule has 174 valence electrons. The lowest BCUT2D eigenvalue weighted by Gasteiger charge is -2.11. The van der Waals surface area contributed by atoms with Crippen molar-refractivity contribution in [3.63, 3.8) is 0 Å². The molecular weight excluding hydrogens is 482 g/mol. The number of rotatable bonds is 6. The second-order valence-corrected chi connectivity index (χ2v) is 10.4. The molecular formula is C26H19N3O4S2. The molecule has 3 N–H and O–H groups in total. The van der Waals surface area contributed by atoms with Crippen molar-refractivity contribution in [2.24, 2.45) is 0 Å². The summed E-state index contributed by atoms with van der Waals surface area (Å²) in [5.41, 5.74) is 2.34. The lowest BCUT2D eigenvalue weighted by Crippen LogP contribution is -2.15. The highest BCUT2D eigenvalue weighted by Gasteiger charge is 2.16. The number of sulfonamides is 1. The van der Waals surface area contributed by atoms with Gasteiger partial charge in [-0.05, 0) is 54.6 Å². The summed E-state index contributed by atoms with van der Waals surface area (Å²) in [6.07, 6.45) is 0. The average molecular weight is 502 g/mol. The molecule has 0 aliphatic heterocycles. The number of aromatic hydroxyl groups is 1. The summed E-state index contributed by atoms with van der Waals surface area (Å²) in [5, 5.41) is 14.0. The topological polar surface area (TPSA) is 108 Å². The van der Waals surface area contributed by atoms with Crippen LogP contribution in [0.15, 0.2) is 102 Å². The van der Waals surface area contributed by atoms with Crippen LogP contribution >= 0.6 is 11.3 Å². The number of hydrogen-bond donors (Lipinski definition) is 3. The van der Waals surface area contributed by atoms with E-state index in [-0.39, 0.29) is 21.9 Å². The number of phenolic OH excluding ortho intramolecular Hbond substituents is 1. The van der Waals surface area contributed by atoms with E-state index < -0.39 is 15.9 Å². The smallest absolute Gasteiger partial charge is 0.261 e. The maximum absolute atomic E-state index is 12.8. The van der Waals surface area contributed by atoms with E-state index in [0.717, 1.165) is 10.2 Å². The van der Waals surface area contributed by atoms with Crippen LogP contribution in [0.4, 0.5) is 11.4 Å². The Labute approximate surface area is 205 Å². The third-order valence-corrected chi connectivity index (χ3v) is 7.68. The molecule has 0 aliphatic carbocycles. The van der Waals surface area contributed by atoms with Gasteiger partial charge < -0.3 is 10.4 Å². The van der Waals surface area contributed by atoms with Crippen molar-refractivity contribution in [1.29, 1.82) is 0 Å². The Kier molecular flexibility index (Phi) is 5.94. The highest BCUT2D eigenvalue weighted by molar-refractivity contribution is 7.92. The fourth-order valence-electron chi connectivity index (χ4n) is 3.52. The summed E-state index contributed by atoms with van der Waals surface area (Å²) in [4.78, 5) is 17.5. The molecule has 0 spiro atoms. The summed E-state index contributed by atoms with van der Waals surface area (Å²) in [6.45, 7) is 0. The predicted octanol–water partition coefficient (Wildman–Crippen LogP) is 5.72. The molecule has 35 heavy (non-hydrogen) atoms. The van der Waals surface area contributed by atoms with Crippen LogP contribution in [-0.4, -0.2) is 24.4 Å². The summed E-state index contributed by atoms with van der Waals surface area (Å²) in [6, 6.07) is 26.7. The number of carbonyl (C=O) groups is 1. The van der Waals surface area contributed by atoms with E-state index in [1.165, 1.54) is 35.6 Å². The van der Waals surface area contributed by atoms with E-state index in [1.54, 1.807) is 48.5 Å². The standard InChI is InChI=1S/C26H19N3O4S2/c30-23-16-18(13-14-21(23)26-28-22-11-4-5-12-24(22)34-26)27-25(31)17-7-6-8-19(15-17)29-35(32,33)20-9-2-1-3-10-20/h1-16,29-30H,(H,27,31). The van der Waals surface area contributed by atoms with Crippen LogP contribution in [0.25, 0.3) is 20.8 Å². The third-order valence-electron chi connectivity index (χ3n) is 5.21. The molecule has 1 aromatic heterocycles. The van der Waals surface area contributed by atoms with E-state index in [4.69, 9.17) is 0 Å². The second-order valence-electron chi connectivity index (χ2n) is 7.67. The summed E-state index contributed by atoms with van der Waals surface area (Å²) in [7, 11) is -3.78. The minimum Gasteiger partial charge on any atom is -0.507 e. The van der Waals surface area contributed by atoms with E-state index in [9.17, 15) is 18.3 Å². The first-order chi connectivity index (χ1) is 16.9. The summed E-state index contributed by atoms with van der Waals surface area (Å²) < 4.78 is 28.6. The zero-order chi connectivity index (χ0) is 24.4. The highest BCUT2D eigenvalue weighted by atomic mass is 32.2. The molecule has 0 atom stereocenters. The number of anilines is 2. The van der Waals surface area contributed by atoms with Gasteiger partial charge in [-0.2, -0.15) is 0 Å². The number of nitrogens with one attached hydrogen (secondary N) is 2. The van der Waals surface area contributed by atoms with Crippen LogP contribution < -0.4 is 10.0 Å². The number of benzene rings is 4. The molecule has 5 rings (SSSR count). The number of para-hydroxylation sites is 1. The minimum atomic E-state index is -3.78. The monoisotopic (exact) mass is 501 g/mol. The first-order valence-corrected chi connectivity index (χ1v) is 12.9. The molecule has 7 nitrogen and oxygen atoms in total. The van der Waals surface area contributed by atoms with E-state index in [1.807, 2.05) is 24.3 Å². The Bertz CT molecular complexity index is 1620. The van der Waals surface area contributed by atoms with Crippen molar-refractivity contribution < 1.29 is 18.3 Å². The van der Waals surface area contributed by atoms with Crippen molar-refractivity contribution in [2.75, 3.05) is 10.0 Å². The van der Waals surface area contributed by atoms with E-state index >= 15 is 0 Å². The number of aromatic nitrogens is 1. The van der Waals surface area contributed by atoms with Crippen molar-refractivity contribution in [1.82, 2.24) is 4.98 Å². The molecule has 0 saturated heterocycles. The van der Waals surface area contributed by atoms with Gasteiger partial charge in [0.05, 0.1) is 20.7 Å². The molecule has 0 radical (unpaired) electrons. The molecule has 4 aromatic carbocycles. The third kappa shape index (κ3) is 4.86. The van der Waals surface area contributed by atoms with E-state index in [2.05, 4.69) is 15.0 Å². The minimum absolute atomic E-state index is 0.00812. The normalized spacial score (nSPS) is 11.3. The van der Waals surface area contributed by atoms with Gasteiger partial charge in [0.15, 0.2) is 0 Å². The predicted molar refractivity (Wildman–Crippen MR) is 138 cm³/mol. The molecule has 0 aliphatic rings. The average Bonchev–Trinajstić information content (AvgIpc) is 3.28. The number of amides is 1. The maximum Gasteiger partial charge on any atom is 0.261 e. The van der Waals surface area contributed by atoms with Gasteiger partial charge in [-0.15, -0.1) is 11.3 Å². The van der Waals surface area contributed by atoms with Gasteiger partial charge in [0.25, 0.3) is 15.9 Å². The highest BCUT2D eigenvalue weighted by Crippen LogP contribution is 2.36. The molecule has 0 unspecified atom stereocenters. The Morgan fingerprint density at radius 1 is 0.829 bits per heavy atom. The number of thiazole rings is 1. The van der Waals surface area contributed by atoms with Gasteiger partial charge in [-0.3, -0.25) is 9.52 Å². The van der Waals surface area contributed by atoms with Crippen molar-refractivity contribution in [3.05, 3.63) is 103 Å². The van der Waals surface area contributed by atoms with Gasteiger partial charge >= 0.3 is 0 Å². The summed E-state index contributed by atoms with van der Waals surface area (Å²) >= 11 is 1.47. The van der Waals surface area contributed by atoms with Crippen molar-refractivity contribution in [2.45, 2.75) is 4.90 Å². The molecule has 5 aromatic rings. The first-order valence-electron chi connectivity index (χ1n) is 10.6. The van der Waals surface area contributed by atoms with Gasteiger partial charge in [0.2, 0.25) is 0 Å². The molecule has 1 amide bonds. The molecule has 1 heterocycles. The number of nitrogens with zero attached hydrogens (tertiary/aromatic N) is 1. The largest absolute Gasteiger partial charge is 0.507 e. The molecule has 0 bridgehead atoms. The Balaban J connectivity index is 1.33. The molecule has 9 heteroatoms. The maximum atomic E-state index is 12.8. The fraction of sp³-hybridized carbons (Fsp3) is 0. The second kappa shape index (κ2) is 9.21. The fourth-order valence-corrected chi connectivity index (χ4v) is 5.59. The van der Waals surface area contributed by atoms with E-state index in [0.29, 0.717) is 16.3 Å². The number of carbonyl (C=O) groups excluding carboxylic acids is 1. The lowest BCUT2D eigenvalue weighted by molar-refractivity contribution is 0.102. The van der Waals surface area contributed by atoms with Gasteiger partial charge in [-0.25, -0.2) is 13.4 Å². The molecule has 0 fully saturated rings. The van der Waals surface area contributed by atoms with Gasteiger partial charge in [0.1, 0.15) is 10.8 Å². The van der Waals surface area contributed by atoms with Gasteiger partial charge in [0, 0.05) is 23.0 Å². The van der Waals surface area contributed by atoms with Crippen LogP contribution in [0.1, 0.15) is 10.4 Å². The van der Waals surface area contributed by atoms with Crippen molar-refractivity contribution in [3.8, 4) is 16.3 Å². The SMILES string of the molecule is O=C(Nc1ccc(-c2nc3ccccc3s2)c(O)c1)c1cccc(NS(=O)(=O)c2ccccc2)c1. The zero-order valence-corrected chi connectivity index (χ0v) is 19.8. The Morgan fingerprint density at radius 3 is 2.37 bits per heavy atom. The quantitative estimate of drug-likeness (QED) is 0.276. The Morgan fingerprint density at radius 2 is 1.60 bits per heavy atom. The van der Waals surface area contributed by atoms with Gasteiger partial charge in [-0.1, -0.05) is 36.4 Å². The van der Waals surface area contributed by atoms with Crippen molar-refractivity contribution >= 4 is 48.9 Å². The Hall–Kier alpha value is -4.21. The number of hydrogen-bond acceptors (Lipinski definition) is 6. The van der Waals surface area contributed by atoms with Crippen LogP contribution in [-0.2, 0) is 10.0 Å².